The lowest BCUT2D eigenvalue weighted by molar-refractivity contribution is 1.07. The summed E-state index contributed by atoms with van der Waals surface area (Å²) >= 11 is 0. The van der Waals surface area contributed by atoms with Crippen LogP contribution in [0.4, 0.5) is 5.69 Å². The molecule has 0 aliphatic carbocycles. The molecule has 0 aliphatic rings. The summed E-state index contributed by atoms with van der Waals surface area (Å²) in [6.45, 7) is 8.16. The number of aryl methyl sites for hydroxylation is 1. The summed E-state index contributed by atoms with van der Waals surface area (Å²) < 4.78 is 0. The second-order valence-electron chi connectivity index (χ2n) is 4.16. The number of rotatable bonds is 3. The Bertz CT molecular complexity index is 337. The fourth-order valence-corrected chi connectivity index (χ4v) is 1.62. The fraction of sp³-hybridized carbons (Fsp3) is 0.385. The van der Waals surface area contributed by atoms with Crippen molar-refractivity contribution in [3.8, 4) is 0 Å². The van der Waals surface area contributed by atoms with Gasteiger partial charge in [0.1, 0.15) is 0 Å². The van der Waals surface area contributed by atoms with Crippen LogP contribution in [0.5, 0.6) is 0 Å². The maximum absolute atomic E-state index is 3.96. The number of hydrogen-bond acceptors (Lipinski definition) is 1. The average Bonchev–Trinajstić information content (AvgIpc) is 2.01. The molecule has 1 rings (SSSR count). The number of hydrogen-bond donors (Lipinski definition) is 0. The van der Waals surface area contributed by atoms with Gasteiger partial charge in [0.15, 0.2) is 0 Å². The van der Waals surface area contributed by atoms with Gasteiger partial charge in [-0.25, -0.2) is 0 Å². The zero-order valence-corrected chi connectivity index (χ0v) is 9.59. The van der Waals surface area contributed by atoms with E-state index in [2.05, 4.69) is 57.6 Å². The smallest absolute Gasteiger partial charge is 0.0397 e. The highest BCUT2D eigenvalue weighted by molar-refractivity contribution is 5.55. The molecule has 0 spiro atoms. The topological polar surface area (TPSA) is 3.24 Å². The Balaban J connectivity index is 3.09. The Hall–Kier alpha value is -1.24. The van der Waals surface area contributed by atoms with E-state index in [4.69, 9.17) is 0 Å². The van der Waals surface area contributed by atoms with E-state index in [1.807, 2.05) is 0 Å². The van der Waals surface area contributed by atoms with E-state index in [0.717, 1.165) is 6.42 Å². The van der Waals surface area contributed by atoms with Crippen LogP contribution >= 0.6 is 0 Å². The zero-order valence-electron chi connectivity index (χ0n) is 9.59. The van der Waals surface area contributed by atoms with Gasteiger partial charge in [0, 0.05) is 19.8 Å². The summed E-state index contributed by atoms with van der Waals surface area (Å²) in [5, 5.41) is 0. The first kappa shape index (κ1) is 10.8. The highest BCUT2D eigenvalue weighted by atomic mass is 15.1. The molecule has 0 amide bonds. The number of allylic oxidation sites excluding steroid dienone is 1. The largest absolute Gasteiger partial charge is 0.377 e. The minimum atomic E-state index is 0.967. The maximum Gasteiger partial charge on any atom is 0.0397 e. The number of nitrogens with zero attached hydrogens (tertiary/aromatic N) is 1. The summed E-state index contributed by atoms with van der Waals surface area (Å²) in [6.07, 6.45) is 0.967. The minimum absolute atomic E-state index is 0.967. The van der Waals surface area contributed by atoms with Gasteiger partial charge in [0.05, 0.1) is 0 Å². The molecule has 0 heterocycles. The molecule has 1 heteroatoms. The molecule has 0 aromatic heterocycles. The van der Waals surface area contributed by atoms with Crippen LogP contribution in [0.1, 0.15) is 18.1 Å². The lowest BCUT2D eigenvalue weighted by Gasteiger charge is -2.18. The standard InChI is InChI=1S/C13H19N/c1-10(2)8-12-9-11(3)6-7-13(12)14(4)5/h6-7,9H,1,8H2,2-5H3. The molecule has 0 saturated heterocycles. The van der Waals surface area contributed by atoms with E-state index in [1.165, 1.54) is 22.4 Å². The first-order valence-corrected chi connectivity index (χ1v) is 4.92. The number of anilines is 1. The van der Waals surface area contributed by atoms with Gasteiger partial charge in [-0.2, -0.15) is 0 Å². The fourth-order valence-electron chi connectivity index (χ4n) is 1.62. The van der Waals surface area contributed by atoms with Crippen molar-refractivity contribution < 1.29 is 0 Å². The van der Waals surface area contributed by atoms with Crippen molar-refractivity contribution in [1.82, 2.24) is 0 Å². The third kappa shape index (κ3) is 2.63. The predicted molar refractivity (Wildman–Crippen MR) is 64.0 cm³/mol. The van der Waals surface area contributed by atoms with Crippen LogP contribution in [0.25, 0.3) is 0 Å². The molecule has 0 radical (unpaired) electrons. The van der Waals surface area contributed by atoms with Gasteiger partial charge >= 0.3 is 0 Å². The average molecular weight is 189 g/mol. The van der Waals surface area contributed by atoms with E-state index in [0.29, 0.717) is 0 Å². The maximum atomic E-state index is 3.96. The van der Waals surface area contributed by atoms with Crippen molar-refractivity contribution in [3.63, 3.8) is 0 Å². The van der Waals surface area contributed by atoms with Gasteiger partial charge < -0.3 is 4.90 Å². The van der Waals surface area contributed by atoms with Crippen molar-refractivity contribution in [3.05, 3.63) is 41.5 Å². The molecule has 0 bridgehead atoms. The molecule has 0 fully saturated rings. The van der Waals surface area contributed by atoms with Crippen LogP contribution in [0, 0.1) is 6.92 Å². The first-order chi connectivity index (χ1) is 6.50. The molecular formula is C13H19N. The van der Waals surface area contributed by atoms with Crippen molar-refractivity contribution in [1.29, 1.82) is 0 Å². The molecular weight excluding hydrogens is 170 g/mol. The van der Waals surface area contributed by atoms with Crippen LogP contribution in [0.2, 0.25) is 0 Å². The second kappa shape index (κ2) is 4.32. The SMILES string of the molecule is C=C(C)Cc1cc(C)ccc1N(C)C. The van der Waals surface area contributed by atoms with Crippen LogP contribution in [-0.4, -0.2) is 14.1 Å². The molecule has 0 N–H and O–H groups in total. The quantitative estimate of drug-likeness (QED) is 0.660. The van der Waals surface area contributed by atoms with Crippen molar-refractivity contribution in [2.75, 3.05) is 19.0 Å². The van der Waals surface area contributed by atoms with Gasteiger partial charge in [-0.1, -0.05) is 29.8 Å². The number of benzene rings is 1. The Morgan fingerprint density at radius 1 is 1.36 bits per heavy atom. The molecule has 1 aromatic rings. The second-order valence-corrected chi connectivity index (χ2v) is 4.16. The lowest BCUT2D eigenvalue weighted by atomic mass is 10.0. The van der Waals surface area contributed by atoms with E-state index in [-0.39, 0.29) is 0 Å². The first-order valence-electron chi connectivity index (χ1n) is 4.92. The normalized spacial score (nSPS) is 10.0. The van der Waals surface area contributed by atoms with Crippen LogP contribution in [0.15, 0.2) is 30.4 Å². The molecule has 0 saturated carbocycles. The molecule has 1 nitrogen and oxygen atoms in total. The molecule has 76 valence electrons. The molecule has 1 aromatic carbocycles. The Morgan fingerprint density at radius 3 is 2.50 bits per heavy atom. The summed E-state index contributed by atoms with van der Waals surface area (Å²) in [6, 6.07) is 6.56. The van der Waals surface area contributed by atoms with Crippen molar-refractivity contribution >= 4 is 5.69 Å². The highest BCUT2D eigenvalue weighted by Crippen LogP contribution is 2.22. The Morgan fingerprint density at radius 2 is 2.00 bits per heavy atom. The van der Waals surface area contributed by atoms with Gasteiger partial charge in [-0.3, -0.25) is 0 Å². The van der Waals surface area contributed by atoms with Crippen LogP contribution in [0.3, 0.4) is 0 Å². The van der Waals surface area contributed by atoms with Crippen molar-refractivity contribution in [2.45, 2.75) is 20.3 Å². The zero-order chi connectivity index (χ0) is 10.7. The molecule has 0 unspecified atom stereocenters. The third-order valence-electron chi connectivity index (χ3n) is 2.21. The monoisotopic (exact) mass is 189 g/mol. The predicted octanol–water partition coefficient (Wildman–Crippen LogP) is 3.18. The molecule has 0 atom stereocenters. The van der Waals surface area contributed by atoms with E-state index >= 15 is 0 Å². The highest BCUT2D eigenvalue weighted by Gasteiger charge is 2.04. The van der Waals surface area contributed by atoms with Gasteiger partial charge in [-0.15, -0.1) is 0 Å². The van der Waals surface area contributed by atoms with Crippen molar-refractivity contribution in [2.24, 2.45) is 0 Å². The Labute approximate surface area is 87.1 Å². The lowest BCUT2D eigenvalue weighted by Crippen LogP contribution is -2.11. The molecule has 14 heavy (non-hydrogen) atoms. The van der Waals surface area contributed by atoms with E-state index < -0.39 is 0 Å². The van der Waals surface area contributed by atoms with E-state index in [1.54, 1.807) is 0 Å². The van der Waals surface area contributed by atoms with Gasteiger partial charge in [0.25, 0.3) is 0 Å². The summed E-state index contributed by atoms with van der Waals surface area (Å²) in [5.41, 5.74) is 5.17. The Kier molecular flexibility index (Phi) is 3.34. The summed E-state index contributed by atoms with van der Waals surface area (Å²) in [5.74, 6) is 0. The minimum Gasteiger partial charge on any atom is -0.377 e. The van der Waals surface area contributed by atoms with E-state index in [9.17, 15) is 0 Å². The van der Waals surface area contributed by atoms with Crippen LogP contribution in [-0.2, 0) is 6.42 Å². The van der Waals surface area contributed by atoms with Crippen LogP contribution < -0.4 is 4.90 Å². The van der Waals surface area contributed by atoms with Gasteiger partial charge in [-0.05, 0) is 31.9 Å². The molecule has 0 aliphatic heterocycles. The van der Waals surface area contributed by atoms with Gasteiger partial charge in [0.2, 0.25) is 0 Å². The summed E-state index contributed by atoms with van der Waals surface area (Å²) in [4.78, 5) is 2.15. The summed E-state index contributed by atoms with van der Waals surface area (Å²) in [7, 11) is 4.15. The third-order valence-corrected chi connectivity index (χ3v) is 2.21.